The molecule has 0 amide bonds. The van der Waals surface area contributed by atoms with Gasteiger partial charge in [-0.2, -0.15) is 8.78 Å². The van der Waals surface area contributed by atoms with Crippen LogP contribution >= 0.6 is 34.7 Å². The number of benzene rings is 1. The van der Waals surface area contributed by atoms with Crippen molar-refractivity contribution in [2.24, 2.45) is 0 Å². The van der Waals surface area contributed by atoms with Gasteiger partial charge in [0.25, 0.3) is 5.76 Å². The Labute approximate surface area is 161 Å². The molecule has 0 saturated heterocycles. The summed E-state index contributed by atoms with van der Waals surface area (Å²) >= 11 is 7.79. The number of carboxylic acids is 1. The van der Waals surface area contributed by atoms with E-state index in [1.54, 1.807) is 25.1 Å². The number of fused-ring (bicyclic) bond motifs is 1. The predicted octanol–water partition coefficient (Wildman–Crippen LogP) is 5.36. The largest absolute Gasteiger partial charge is 0.506 e. The topological polar surface area (TPSA) is 62.5 Å². The van der Waals surface area contributed by atoms with Gasteiger partial charge >= 0.3 is 5.97 Å². The number of thioether (sulfide) groups is 1. The van der Waals surface area contributed by atoms with Gasteiger partial charge in [0.05, 0.1) is 27.7 Å². The lowest BCUT2D eigenvalue weighted by Crippen LogP contribution is -2.04. The van der Waals surface area contributed by atoms with Crippen LogP contribution in [0.3, 0.4) is 0 Å². The Morgan fingerprint density at radius 1 is 1.38 bits per heavy atom. The molecule has 0 saturated carbocycles. The van der Waals surface area contributed by atoms with Crippen LogP contribution < -0.4 is 0 Å². The van der Waals surface area contributed by atoms with Crippen molar-refractivity contribution in [3.63, 3.8) is 0 Å². The Kier molecular flexibility index (Phi) is 5.45. The number of hydrogen-bond donors (Lipinski definition) is 2. The van der Waals surface area contributed by atoms with Crippen molar-refractivity contribution in [1.29, 1.82) is 0 Å². The summed E-state index contributed by atoms with van der Waals surface area (Å²) in [4.78, 5) is 12.1. The number of nitrogens with zero attached hydrogens (tertiary/aromatic N) is 1. The average molecular weight is 418 g/mol. The van der Waals surface area contributed by atoms with Crippen LogP contribution in [0.1, 0.15) is 16.1 Å². The summed E-state index contributed by atoms with van der Waals surface area (Å²) < 4.78 is 27.4. The lowest BCUT2D eigenvalue weighted by Gasteiger charge is -2.08. The van der Waals surface area contributed by atoms with E-state index in [9.17, 15) is 23.8 Å². The minimum Gasteiger partial charge on any atom is -0.506 e. The number of carbonyl (C=O) groups is 1. The van der Waals surface area contributed by atoms with E-state index in [0.29, 0.717) is 39.0 Å². The Morgan fingerprint density at radius 3 is 2.77 bits per heavy atom. The van der Waals surface area contributed by atoms with E-state index in [1.165, 1.54) is 17.4 Å². The van der Waals surface area contributed by atoms with Gasteiger partial charge in [0.1, 0.15) is 5.75 Å². The SMILES string of the molecule is Cc1c(CC(=O)O)c2cc(O)c(Cl)cc2n1Cc1ccc(SC(F)F)s1. The molecule has 0 atom stereocenters. The third-order valence-corrected chi connectivity index (χ3v) is 6.26. The van der Waals surface area contributed by atoms with Crippen LogP contribution in [0.2, 0.25) is 5.02 Å². The van der Waals surface area contributed by atoms with Gasteiger partial charge in [0, 0.05) is 16.0 Å². The number of phenols is 1. The molecule has 0 aliphatic carbocycles. The summed E-state index contributed by atoms with van der Waals surface area (Å²) in [7, 11) is 0. The maximum absolute atomic E-state index is 12.5. The molecule has 4 nitrogen and oxygen atoms in total. The van der Waals surface area contributed by atoms with Crippen LogP contribution in [-0.4, -0.2) is 26.5 Å². The maximum atomic E-state index is 12.5. The molecule has 3 rings (SSSR count). The Balaban J connectivity index is 2.07. The number of carboxylic acid groups (broad SMARTS) is 1. The smallest absolute Gasteiger partial charge is 0.307 e. The number of rotatable bonds is 6. The van der Waals surface area contributed by atoms with Crippen molar-refractivity contribution < 1.29 is 23.8 Å². The fraction of sp³-hybridized carbons (Fsp3) is 0.235. The zero-order valence-corrected chi connectivity index (χ0v) is 15.9. The van der Waals surface area contributed by atoms with Gasteiger partial charge in [-0.25, -0.2) is 0 Å². The van der Waals surface area contributed by atoms with Crippen molar-refractivity contribution in [3.05, 3.63) is 45.4 Å². The molecule has 0 aliphatic rings. The second-order valence-electron chi connectivity index (χ2n) is 5.64. The molecule has 2 N–H and O–H groups in total. The summed E-state index contributed by atoms with van der Waals surface area (Å²) in [5, 5.41) is 19.9. The molecule has 2 heterocycles. The van der Waals surface area contributed by atoms with Gasteiger partial charge in [-0.1, -0.05) is 11.6 Å². The van der Waals surface area contributed by atoms with Gasteiger partial charge < -0.3 is 14.8 Å². The first-order valence-corrected chi connectivity index (χ1v) is 9.59. The highest BCUT2D eigenvalue weighted by Gasteiger charge is 2.19. The number of aromatic hydroxyl groups is 1. The van der Waals surface area contributed by atoms with Crippen LogP contribution in [-0.2, 0) is 17.8 Å². The Morgan fingerprint density at radius 2 is 2.12 bits per heavy atom. The predicted molar refractivity (Wildman–Crippen MR) is 100.0 cm³/mol. The van der Waals surface area contributed by atoms with Crippen LogP contribution in [0.5, 0.6) is 5.75 Å². The van der Waals surface area contributed by atoms with E-state index in [0.717, 1.165) is 10.6 Å². The molecule has 26 heavy (non-hydrogen) atoms. The molecule has 0 unspecified atom stereocenters. The van der Waals surface area contributed by atoms with Gasteiger partial charge in [-0.15, -0.1) is 11.3 Å². The first-order chi connectivity index (χ1) is 12.3. The van der Waals surface area contributed by atoms with Crippen LogP contribution in [0.4, 0.5) is 8.78 Å². The summed E-state index contributed by atoms with van der Waals surface area (Å²) in [5.41, 5.74) is 2.02. The fourth-order valence-electron chi connectivity index (χ4n) is 2.88. The monoisotopic (exact) mass is 417 g/mol. The third kappa shape index (κ3) is 3.82. The Hall–Kier alpha value is -1.77. The normalized spacial score (nSPS) is 11.6. The summed E-state index contributed by atoms with van der Waals surface area (Å²) in [6.07, 6.45) is -0.187. The zero-order chi connectivity index (χ0) is 19.0. The number of halogens is 3. The Bertz CT molecular complexity index is 984. The molecule has 2 aromatic heterocycles. The van der Waals surface area contributed by atoms with E-state index in [1.807, 2.05) is 4.57 Å². The zero-order valence-electron chi connectivity index (χ0n) is 13.5. The summed E-state index contributed by atoms with van der Waals surface area (Å²) in [5.74, 6) is -3.57. The molecule has 0 aliphatic heterocycles. The lowest BCUT2D eigenvalue weighted by molar-refractivity contribution is -0.136. The minimum absolute atomic E-state index is 0.116. The molecule has 0 spiro atoms. The number of thiophene rings is 1. The van der Waals surface area contributed by atoms with Gasteiger partial charge in [-0.05, 0) is 48.5 Å². The van der Waals surface area contributed by atoms with Crippen LogP contribution in [0, 0.1) is 6.92 Å². The van der Waals surface area contributed by atoms with Crippen molar-refractivity contribution in [1.82, 2.24) is 4.57 Å². The van der Waals surface area contributed by atoms with Crippen molar-refractivity contribution in [3.8, 4) is 5.75 Å². The highest BCUT2D eigenvalue weighted by molar-refractivity contribution is 8.01. The van der Waals surface area contributed by atoms with E-state index < -0.39 is 11.7 Å². The summed E-state index contributed by atoms with van der Waals surface area (Å²) in [6, 6.07) is 6.48. The van der Waals surface area contributed by atoms with Crippen molar-refractivity contribution >= 4 is 51.6 Å². The fourth-order valence-corrected chi connectivity index (χ4v) is 4.82. The van der Waals surface area contributed by atoms with E-state index in [4.69, 9.17) is 11.6 Å². The number of alkyl halides is 2. The standard InChI is InChI=1S/C17H14ClF2NO3S2/c1-8-10(5-15(23)24)11-4-14(22)12(18)6-13(11)21(8)7-9-2-3-16(25-9)26-17(19)20/h2-4,6,17,22H,5,7H2,1H3,(H,23,24). The van der Waals surface area contributed by atoms with Crippen LogP contribution in [0.15, 0.2) is 28.5 Å². The molecule has 1 aromatic carbocycles. The maximum Gasteiger partial charge on any atom is 0.307 e. The molecule has 3 aromatic rings. The molecular formula is C17H14ClF2NO3S2. The second-order valence-corrected chi connectivity index (χ2v) is 8.51. The third-order valence-electron chi connectivity index (χ3n) is 4.01. The number of aromatic nitrogens is 1. The lowest BCUT2D eigenvalue weighted by atomic mass is 10.1. The molecular weight excluding hydrogens is 404 g/mol. The molecule has 9 heteroatoms. The highest BCUT2D eigenvalue weighted by atomic mass is 35.5. The second kappa shape index (κ2) is 7.46. The van der Waals surface area contributed by atoms with Gasteiger partial charge in [-0.3, -0.25) is 4.79 Å². The van der Waals surface area contributed by atoms with E-state index in [2.05, 4.69) is 0 Å². The van der Waals surface area contributed by atoms with Crippen molar-refractivity contribution in [2.75, 3.05) is 0 Å². The minimum atomic E-state index is -2.47. The van der Waals surface area contributed by atoms with E-state index in [-0.39, 0.29) is 17.2 Å². The first kappa shape index (κ1) is 19.0. The first-order valence-electron chi connectivity index (χ1n) is 7.51. The molecule has 0 bridgehead atoms. The van der Waals surface area contributed by atoms with Crippen LogP contribution in [0.25, 0.3) is 10.9 Å². The quantitative estimate of drug-likeness (QED) is 0.530. The summed E-state index contributed by atoms with van der Waals surface area (Å²) in [6.45, 7) is 2.20. The van der Waals surface area contributed by atoms with E-state index >= 15 is 0 Å². The highest BCUT2D eigenvalue weighted by Crippen LogP contribution is 2.36. The molecule has 0 fully saturated rings. The van der Waals surface area contributed by atoms with Gasteiger partial charge in [0.15, 0.2) is 0 Å². The number of aliphatic carboxylic acids is 1. The number of hydrogen-bond acceptors (Lipinski definition) is 4. The molecule has 0 radical (unpaired) electrons. The average Bonchev–Trinajstić information content (AvgIpc) is 3.06. The van der Waals surface area contributed by atoms with Gasteiger partial charge in [0.2, 0.25) is 0 Å². The number of phenolic OH excluding ortho intramolecular Hbond substituents is 1. The van der Waals surface area contributed by atoms with Crippen molar-refractivity contribution in [2.45, 2.75) is 29.9 Å². The molecule has 138 valence electrons.